The van der Waals surface area contributed by atoms with E-state index in [-0.39, 0.29) is 11.8 Å². The molecule has 1 amide bonds. The Hall–Kier alpha value is -2.17. The quantitative estimate of drug-likeness (QED) is 0.684. The molecule has 32 heavy (non-hydrogen) atoms. The lowest BCUT2D eigenvalue weighted by atomic mass is 9.95. The minimum absolute atomic E-state index is 0.144. The Morgan fingerprint density at radius 3 is 1.81 bits per heavy atom. The Labute approximate surface area is 194 Å². The summed E-state index contributed by atoms with van der Waals surface area (Å²) in [7, 11) is 0. The average molecular weight is 434 g/mol. The molecule has 4 nitrogen and oxygen atoms in total. The zero-order valence-corrected chi connectivity index (χ0v) is 19.9. The minimum atomic E-state index is 0.144. The van der Waals surface area contributed by atoms with Crippen molar-refractivity contribution < 1.29 is 4.79 Å². The maximum Gasteiger partial charge on any atom is 0.223 e. The lowest BCUT2D eigenvalue weighted by Gasteiger charge is -2.31. The minimum Gasteiger partial charge on any atom is -0.352 e. The molecule has 2 aliphatic rings. The van der Waals surface area contributed by atoms with Crippen molar-refractivity contribution in [3.8, 4) is 0 Å². The van der Waals surface area contributed by atoms with E-state index in [0.29, 0.717) is 6.54 Å². The molecule has 0 unspecified atom stereocenters. The second kappa shape index (κ2) is 11.1. The molecule has 1 N–H and O–H groups in total. The number of benzene rings is 2. The van der Waals surface area contributed by atoms with Gasteiger partial charge in [-0.1, -0.05) is 61.0 Å². The average Bonchev–Trinajstić information content (AvgIpc) is 2.82. The molecule has 172 valence electrons. The normalized spacial score (nSPS) is 19.2. The number of carbonyl (C=O) groups excluding carboxylic acids is 1. The SMILES string of the molecule is Cc1ccc(CN2CCC(C(=O)NCc3ccc(CN4CCC(C)CC4)cc3)CC2)cc1. The van der Waals surface area contributed by atoms with Crippen LogP contribution in [0.2, 0.25) is 0 Å². The highest BCUT2D eigenvalue weighted by atomic mass is 16.1. The molecule has 4 heteroatoms. The van der Waals surface area contributed by atoms with Gasteiger partial charge in [0.1, 0.15) is 0 Å². The van der Waals surface area contributed by atoms with Gasteiger partial charge in [0.05, 0.1) is 0 Å². The van der Waals surface area contributed by atoms with Crippen molar-refractivity contribution in [2.75, 3.05) is 26.2 Å². The lowest BCUT2D eigenvalue weighted by molar-refractivity contribution is -0.126. The van der Waals surface area contributed by atoms with Gasteiger partial charge >= 0.3 is 0 Å². The standard InChI is InChI=1S/C28H39N3O/c1-22-3-5-25(6-4-22)20-31-17-13-27(14-18-31)28(32)29-19-24-7-9-26(10-8-24)21-30-15-11-23(2)12-16-30/h3-10,23,27H,11-21H2,1-2H3,(H,29,32). The van der Waals surface area contributed by atoms with Crippen molar-refractivity contribution in [3.05, 3.63) is 70.8 Å². The highest BCUT2D eigenvalue weighted by molar-refractivity contribution is 5.78. The number of nitrogens with one attached hydrogen (secondary N) is 1. The molecule has 0 spiro atoms. The molecule has 2 saturated heterocycles. The fourth-order valence-corrected chi connectivity index (χ4v) is 4.88. The van der Waals surface area contributed by atoms with Gasteiger partial charge in [0, 0.05) is 25.6 Å². The Morgan fingerprint density at radius 1 is 0.781 bits per heavy atom. The summed E-state index contributed by atoms with van der Waals surface area (Å²) in [6.45, 7) is 11.5. The van der Waals surface area contributed by atoms with E-state index >= 15 is 0 Å². The molecule has 0 saturated carbocycles. The van der Waals surface area contributed by atoms with Gasteiger partial charge in [-0.05, 0) is 81.4 Å². The van der Waals surface area contributed by atoms with Crippen molar-refractivity contribution in [2.45, 2.75) is 59.2 Å². The Morgan fingerprint density at radius 2 is 1.25 bits per heavy atom. The van der Waals surface area contributed by atoms with Crippen LogP contribution in [0.3, 0.4) is 0 Å². The first kappa shape index (κ1) is 23.0. The number of amides is 1. The van der Waals surface area contributed by atoms with Gasteiger partial charge in [0.2, 0.25) is 5.91 Å². The second-order valence-electron chi connectivity index (χ2n) is 10.0. The van der Waals surface area contributed by atoms with Crippen LogP contribution < -0.4 is 5.32 Å². The van der Waals surface area contributed by atoms with Crippen LogP contribution in [-0.4, -0.2) is 41.9 Å². The van der Waals surface area contributed by atoms with Gasteiger partial charge < -0.3 is 5.32 Å². The van der Waals surface area contributed by atoms with Gasteiger partial charge in [-0.2, -0.15) is 0 Å². The van der Waals surface area contributed by atoms with E-state index in [1.54, 1.807) is 0 Å². The highest BCUT2D eigenvalue weighted by Gasteiger charge is 2.24. The van der Waals surface area contributed by atoms with Gasteiger partial charge in [-0.25, -0.2) is 0 Å². The number of likely N-dealkylation sites (tertiary alicyclic amines) is 2. The molecule has 0 radical (unpaired) electrons. The zero-order chi connectivity index (χ0) is 22.3. The third-order valence-corrected chi connectivity index (χ3v) is 7.26. The summed E-state index contributed by atoms with van der Waals surface area (Å²) in [5, 5.41) is 3.18. The summed E-state index contributed by atoms with van der Waals surface area (Å²) >= 11 is 0. The fourth-order valence-electron chi connectivity index (χ4n) is 4.88. The van der Waals surface area contributed by atoms with Crippen LogP contribution >= 0.6 is 0 Å². The van der Waals surface area contributed by atoms with Gasteiger partial charge in [-0.3, -0.25) is 14.6 Å². The van der Waals surface area contributed by atoms with Gasteiger partial charge in [-0.15, -0.1) is 0 Å². The summed E-state index contributed by atoms with van der Waals surface area (Å²) in [4.78, 5) is 17.7. The molecule has 2 heterocycles. The zero-order valence-electron chi connectivity index (χ0n) is 19.9. The molecule has 4 rings (SSSR count). The lowest BCUT2D eigenvalue weighted by Crippen LogP contribution is -2.40. The maximum absolute atomic E-state index is 12.7. The van der Waals surface area contributed by atoms with Crippen LogP contribution in [-0.2, 0) is 24.4 Å². The van der Waals surface area contributed by atoms with E-state index in [9.17, 15) is 4.79 Å². The molecule has 2 aromatic carbocycles. The van der Waals surface area contributed by atoms with Gasteiger partial charge in [0.15, 0.2) is 0 Å². The first-order valence-corrected chi connectivity index (χ1v) is 12.4. The Kier molecular flexibility index (Phi) is 7.99. The number of nitrogens with zero attached hydrogens (tertiary/aromatic N) is 2. The number of aryl methyl sites for hydroxylation is 1. The summed E-state index contributed by atoms with van der Waals surface area (Å²) in [6, 6.07) is 17.6. The number of carbonyl (C=O) groups is 1. The summed E-state index contributed by atoms with van der Waals surface area (Å²) in [5.41, 5.74) is 5.22. The second-order valence-corrected chi connectivity index (χ2v) is 10.0. The number of piperidine rings is 2. The van der Waals surface area contributed by atoms with E-state index < -0.39 is 0 Å². The predicted molar refractivity (Wildman–Crippen MR) is 131 cm³/mol. The van der Waals surface area contributed by atoms with Crippen LogP contribution in [0.15, 0.2) is 48.5 Å². The summed E-state index contributed by atoms with van der Waals surface area (Å²) in [6.07, 6.45) is 4.53. The van der Waals surface area contributed by atoms with E-state index in [4.69, 9.17) is 0 Å². The highest BCUT2D eigenvalue weighted by Crippen LogP contribution is 2.20. The van der Waals surface area contributed by atoms with Crippen molar-refractivity contribution in [3.63, 3.8) is 0 Å². The smallest absolute Gasteiger partial charge is 0.223 e. The van der Waals surface area contributed by atoms with Crippen LogP contribution in [0.5, 0.6) is 0 Å². The molecule has 0 aliphatic carbocycles. The van der Waals surface area contributed by atoms with Crippen LogP contribution in [0.25, 0.3) is 0 Å². The first-order valence-electron chi connectivity index (χ1n) is 12.4. The van der Waals surface area contributed by atoms with Gasteiger partial charge in [0.25, 0.3) is 0 Å². The Balaban J connectivity index is 1.17. The summed E-state index contributed by atoms with van der Waals surface area (Å²) < 4.78 is 0. The summed E-state index contributed by atoms with van der Waals surface area (Å²) in [5.74, 6) is 1.23. The van der Waals surface area contributed by atoms with Crippen LogP contribution in [0.1, 0.15) is 54.9 Å². The molecule has 2 fully saturated rings. The van der Waals surface area contributed by atoms with Crippen molar-refractivity contribution in [2.24, 2.45) is 11.8 Å². The van der Waals surface area contributed by atoms with Crippen LogP contribution in [0, 0.1) is 18.8 Å². The molecular weight excluding hydrogens is 394 g/mol. The van der Waals surface area contributed by atoms with E-state index in [1.807, 2.05) is 0 Å². The maximum atomic E-state index is 12.7. The topological polar surface area (TPSA) is 35.6 Å². The Bertz CT molecular complexity index is 845. The monoisotopic (exact) mass is 433 g/mol. The molecule has 0 atom stereocenters. The van der Waals surface area contributed by atoms with Crippen molar-refractivity contribution >= 4 is 5.91 Å². The first-order chi connectivity index (χ1) is 15.5. The molecular formula is C28H39N3O. The number of rotatable bonds is 7. The van der Waals surface area contributed by atoms with E-state index in [0.717, 1.165) is 44.9 Å². The van der Waals surface area contributed by atoms with E-state index in [2.05, 4.69) is 77.5 Å². The van der Waals surface area contributed by atoms with E-state index in [1.165, 1.54) is 48.2 Å². The predicted octanol–water partition coefficient (Wildman–Crippen LogP) is 4.76. The third-order valence-electron chi connectivity index (χ3n) is 7.26. The van der Waals surface area contributed by atoms with Crippen molar-refractivity contribution in [1.29, 1.82) is 0 Å². The number of hydrogen-bond acceptors (Lipinski definition) is 3. The number of hydrogen-bond donors (Lipinski definition) is 1. The molecule has 2 aromatic rings. The molecule has 0 aromatic heterocycles. The van der Waals surface area contributed by atoms with Crippen molar-refractivity contribution in [1.82, 2.24) is 15.1 Å². The third kappa shape index (κ3) is 6.66. The molecule has 2 aliphatic heterocycles. The largest absolute Gasteiger partial charge is 0.352 e. The molecule has 0 bridgehead atoms. The van der Waals surface area contributed by atoms with Crippen LogP contribution in [0.4, 0.5) is 0 Å². The fraction of sp³-hybridized carbons (Fsp3) is 0.536.